The molecule has 1 rings (SSSR count). The molecule has 0 heterocycles. The van der Waals surface area contributed by atoms with Crippen molar-refractivity contribution in [3.63, 3.8) is 0 Å². The maximum atomic E-state index is 3.85. The molecule has 0 atom stereocenters. The van der Waals surface area contributed by atoms with E-state index in [4.69, 9.17) is 0 Å². The Hall–Kier alpha value is -0.780. The van der Waals surface area contributed by atoms with Gasteiger partial charge in [0.15, 0.2) is 0 Å². The standard InChI is InChI=1S/C15H22/c1-2-3-4-5-6-7-9-12-15-13-10-8-11-14-15/h8,10-14H,1-7,9H2. The van der Waals surface area contributed by atoms with Crippen LogP contribution in [0.1, 0.15) is 50.5 Å². The van der Waals surface area contributed by atoms with Gasteiger partial charge < -0.3 is 0 Å². The van der Waals surface area contributed by atoms with Crippen LogP contribution in [-0.2, 0) is 0 Å². The van der Waals surface area contributed by atoms with Crippen molar-refractivity contribution in [3.8, 4) is 0 Å². The highest BCUT2D eigenvalue weighted by Crippen LogP contribution is 2.11. The van der Waals surface area contributed by atoms with Gasteiger partial charge in [0.05, 0.1) is 0 Å². The Bertz CT molecular complexity index is 225. The Morgan fingerprint density at radius 1 is 0.867 bits per heavy atom. The number of rotatable bonds is 8. The second-order valence-corrected chi connectivity index (χ2v) is 4.02. The molecule has 0 N–H and O–H groups in total. The van der Waals surface area contributed by atoms with Crippen molar-refractivity contribution >= 4 is 0 Å². The van der Waals surface area contributed by atoms with E-state index in [9.17, 15) is 0 Å². The van der Waals surface area contributed by atoms with E-state index < -0.39 is 0 Å². The fraction of sp³-hybridized carbons (Fsp3) is 0.467. The molecule has 0 saturated carbocycles. The normalized spacial score (nSPS) is 10.5. The minimum atomic E-state index is 1.09. The first-order valence-electron chi connectivity index (χ1n) is 6.11. The zero-order valence-electron chi connectivity index (χ0n) is 9.62. The van der Waals surface area contributed by atoms with Gasteiger partial charge in [0.1, 0.15) is 0 Å². The van der Waals surface area contributed by atoms with Crippen LogP contribution in [0.4, 0.5) is 0 Å². The summed E-state index contributed by atoms with van der Waals surface area (Å²) in [5.41, 5.74) is 1.36. The Balaban J connectivity index is 1.93. The van der Waals surface area contributed by atoms with Crippen molar-refractivity contribution in [2.75, 3.05) is 0 Å². The quantitative estimate of drug-likeness (QED) is 0.531. The van der Waals surface area contributed by atoms with Crippen molar-refractivity contribution < 1.29 is 0 Å². The van der Waals surface area contributed by atoms with Crippen LogP contribution >= 0.6 is 0 Å². The third-order valence-corrected chi connectivity index (χ3v) is 2.63. The molecular weight excluding hydrogens is 180 g/mol. The van der Waals surface area contributed by atoms with Crippen LogP contribution in [0.25, 0.3) is 0 Å². The molecule has 1 aromatic rings. The molecule has 0 heteroatoms. The van der Waals surface area contributed by atoms with Gasteiger partial charge in [0.25, 0.3) is 0 Å². The minimum absolute atomic E-state index is 1.09. The lowest BCUT2D eigenvalue weighted by Gasteiger charge is -2.01. The van der Waals surface area contributed by atoms with Crippen LogP contribution in [-0.4, -0.2) is 0 Å². The number of hydrogen-bond acceptors (Lipinski definition) is 0. The van der Waals surface area contributed by atoms with Gasteiger partial charge >= 0.3 is 0 Å². The van der Waals surface area contributed by atoms with Gasteiger partial charge in [-0.25, -0.2) is 0 Å². The van der Waals surface area contributed by atoms with E-state index in [0.717, 1.165) is 6.42 Å². The highest BCUT2D eigenvalue weighted by atomic mass is 14.0. The molecule has 0 saturated heterocycles. The third-order valence-electron chi connectivity index (χ3n) is 2.63. The molecule has 0 aliphatic rings. The van der Waals surface area contributed by atoms with E-state index in [2.05, 4.69) is 43.7 Å². The summed E-state index contributed by atoms with van der Waals surface area (Å²) in [5, 5.41) is 0. The lowest BCUT2D eigenvalue weighted by atomic mass is 10.0. The van der Waals surface area contributed by atoms with Crippen LogP contribution in [0.2, 0.25) is 0 Å². The summed E-state index contributed by atoms with van der Waals surface area (Å²) in [4.78, 5) is 0. The Kier molecular flexibility index (Phi) is 6.98. The van der Waals surface area contributed by atoms with Gasteiger partial charge in [-0.2, -0.15) is 0 Å². The smallest absolute Gasteiger partial charge is 0.00931 e. The van der Waals surface area contributed by atoms with Crippen LogP contribution in [0.3, 0.4) is 0 Å². The first kappa shape index (κ1) is 12.3. The molecule has 2 radical (unpaired) electrons. The summed E-state index contributed by atoms with van der Waals surface area (Å²) in [7, 11) is 0. The lowest BCUT2D eigenvalue weighted by molar-refractivity contribution is 0.616. The Morgan fingerprint density at radius 2 is 1.53 bits per heavy atom. The van der Waals surface area contributed by atoms with Gasteiger partial charge in [0.2, 0.25) is 0 Å². The van der Waals surface area contributed by atoms with Gasteiger partial charge in [-0.15, -0.1) is 0 Å². The number of unbranched alkanes of at least 4 members (excludes halogenated alkanes) is 6. The monoisotopic (exact) mass is 202 g/mol. The second-order valence-electron chi connectivity index (χ2n) is 4.02. The van der Waals surface area contributed by atoms with Gasteiger partial charge in [0, 0.05) is 0 Å². The van der Waals surface area contributed by atoms with Crippen LogP contribution < -0.4 is 0 Å². The molecule has 0 amide bonds. The average molecular weight is 202 g/mol. The predicted molar refractivity (Wildman–Crippen MR) is 67.5 cm³/mol. The molecule has 0 nitrogen and oxygen atoms in total. The highest BCUT2D eigenvalue weighted by molar-refractivity contribution is 5.21. The van der Waals surface area contributed by atoms with Crippen molar-refractivity contribution in [1.82, 2.24) is 0 Å². The van der Waals surface area contributed by atoms with Gasteiger partial charge in [-0.05, 0) is 18.4 Å². The fourth-order valence-corrected chi connectivity index (χ4v) is 1.71. The van der Waals surface area contributed by atoms with E-state index >= 15 is 0 Å². The maximum absolute atomic E-state index is 3.85. The molecule has 0 aliphatic heterocycles. The summed E-state index contributed by atoms with van der Waals surface area (Å²) in [6.45, 7) is 3.85. The summed E-state index contributed by atoms with van der Waals surface area (Å²) in [6.07, 6.45) is 11.4. The first-order chi connectivity index (χ1) is 7.43. The van der Waals surface area contributed by atoms with E-state index in [1.807, 2.05) is 0 Å². The number of hydrogen-bond donors (Lipinski definition) is 0. The molecule has 0 fully saturated rings. The van der Waals surface area contributed by atoms with E-state index in [0.29, 0.717) is 0 Å². The van der Waals surface area contributed by atoms with Crippen molar-refractivity contribution in [1.29, 1.82) is 0 Å². The fourth-order valence-electron chi connectivity index (χ4n) is 1.71. The molecule has 15 heavy (non-hydrogen) atoms. The number of benzene rings is 1. The summed E-state index contributed by atoms with van der Waals surface area (Å²) >= 11 is 0. The predicted octanol–water partition coefficient (Wildman–Crippen LogP) is 4.80. The lowest BCUT2D eigenvalue weighted by Crippen LogP contribution is -1.83. The first-order valence-corrected chi connectivity index (χ1v) is 6.11. The van der Waals surface area contributed by atoms with Crippen molar-refractivity contribution in [2.45, 2.75) is 44.9 Å². The van der Waals surface area contributed by atoms with E-state index in [1.54, 1.807) is 0 Å². The van der Waals surface area contributed by atoms with Crippen molar-refractivity contribution in [3.05, 3.63) is 49.2 Å². The van der Waals surface area contributed by atoms with Crippen molar-refractivity contribution in [2.24, 2.45) is 0 Å². The van der Waals surface area contributed by atoms with Crippen LogP contribution in [0.15, 0.2) is 30.3 Å². The second kappa shape index (κ2) is 8.52. The Morgan fingerprint density at radius 3 is 2.27 bits per heavy atom. The molecule has 0 unspecified atom stereocenters. The van der Waals surface area contributed by atoms with E-state index in [-0.39, 0.29) is 0 Å². The SMILES string of the molecule is [CH2]CCCCCCC[CH]c1ccccc1. The average Bonchev–Trinajstić information content (AvgIpc) is 2.29. The topological polar surface area (TPSA) is 0 Å². The Labute approximate surface area is 94.7 Å². The van der Waals surface area contributed by atoms with Crippen LogP contribution in [0.5, 0.6) is 0 Å². The zero-order valence-corrected chi connectivity index (χ0v) is 9.62. The summed E-state index contributed by atoms with van der Waals surface area (Å²) in [6, 6.07) is 10.6. The van der Waals surface area contributed by atoms with Gasteiger partial charge in [-0.1, -0.05) is 75.8 Å². The highest BCUT2D eigenvalue weighted by Gasteiger charge is 1.93. The largest absolute Gasteiger partial charge is 0.0622 e. The molecular formula is C15H22. The molecule has 0 spiro atoms. The molecule has 1 aromatic carbocycles. The zero-order chi connectivity index (χ0) is 10.8. The summed E-state index contributed by atoms with van der Waals surface area (Å²) < 4.78 is 0. The maximum Gasteiger partial charge on any atom is -0.00931 e. The van der Waals surface area contributed by atoms with Crippen LogP contribution in [0, 0.1) is 13.3 Å². The minimum Gasteiger partial charge on any atom is -0.0622 e. The van der Waals surface area contributed by atoms with Gasteiger partial charge in [-0.3, -0.25) is 0 Å². The summed E-state index contributed by atoms with van der Waals surface area (Å²) in [5.74, 6) is 0. The molecule has 0 aromatic heterocycles. The molecule has 82 valence electrons. The van der Waals surface area contributed by atoms with E-state index in [1.165, 1.54) is 44.1 Å². The molecule has 0 aliphatic carbocycles. The molecule has 0 bridgehead atoms. The third kappa shape index (κ3) is 6.33.